The van der Waals surface area contributed by atoms with Crippen LogP contribution in [0.25, 0.3) is 11.3 Å². The number of carboxylic acid groups (broad SMARTS) is 1. The van der Waals surface area contributed by atoms with Gasteiger partial charge in [-0.05, 0) is 43.4 Å². The number of aromatic amines is 1. The smallest absolute Gasteiger partial charge is 0.326 e. The number of benzene rings is 1. The SMILES string of the molecule is O=C(O)C1CCCCN1C(=O)CCc1ccc(-c2ccccc2)[nH]1. The molecule has 2 heterocycles. The van der Waals surface area contributed by atoms with E-state index in [1.54, 1.807) is 0 Å². The number of H-pyrrole nitrogens is 1. The summed E-state index contributed by atoms with van der Waals surface area (Å²) in [7, 11) is 0. The maximum absolute atomic E-state index is 12.4. The van der Waals surface area contributed by atoms with Crippen LogP contribution in [0.1, 0.15) is 31.4 Å². The number of aryl methyl sites for hydroxylation is 1. The molecule has 0 bridgehead atoms. The Balaban J connectivity index is 1.60. The first-order valence-corrected chi connectivity index (χ1v) is 8.41. The predicted molar refractivity (Wildman–Crippen MR) is 91.5 cm³/mol. The van der Waals surface area contributed by atoms with Crippen LogP contribution in [0.5, 0.6) is 0 Å². The Labute approximate surface area is 141 Å². The second kappa shape index (κ2) is 7.34. The molecule has 5 nitrogen and oxygen atoms in total. The van der Waals surface area contributed by atoms with E-state index in [9.17, 15) is 14.7 Å². The largest absolute Gasteiger partial charge is 0.480 e. The van der Waals surface area contributed by atoms with Crippen molar-refractivity contribution in [2.45, 2.75) is 38.1 Å². The molecule has 0 radical (unpaired) electrons. The van der Waals surface area contributed by atoms with Crippen LogP contribution in [0.3, 0.4) is 0 Å². The summed E-state index contributed by atoms with van der Waals surface area (Å²) >= 11 is 0. The number of amides is 1. The van der Waals surface area contributed by atoms with Gasteiger partial charge in [0, 0.05) is 24.4 Å². The number of nitrogens with one attached hydrogen (secondary N) is 1. The molecule has 0 aliphatic carbocycles. The maximum atomic E-state index is 12.4. The second-order valence-corrected chi connectivity index (χ2v) is 6.20. The van der Waals surface area contributed by atoms with Crippen molar-refractivity contribution in [2.75, 3.05) is 6.54 Å². The number of likely N-dealkylation sites (tertiary alicyclic amines) is 1. The van der Waals surface area contributed by atoms with Gasteiger partial charge < -0.3 is 15.0 Å². The van der Waals surface area contributed by atoms with Crippen LogP contribution in [0.15, 0.2) is 42.5 Å². The first-order chi connectivity index (χ1) is 11.6. The Morgan fingerprint density at radius 2 is 1.92 bits per heavy atom. The molecule has 1 aliphatic rings. The Kier molecular flexibility index (Phi) is 4.99. The van der Waals surface area contributed by atoms with E-state index in [0.717, 1.165) is 29.8 Å². The Hall–Kier alpha value is -2.56. The average molecular weight is 326 g/mol. The fraction of sp³-hybridized carbons (Fsp3) is 0.368. The van der Waals surface area contributed by atoms with Crippen LogP contribution in [0, 0.1) is 0 Å². The molecule has 0 spiro atoms. The van der Waals surface area contributed by atoms with Crippen molar-refractivity contribution in [3.8, 4) is 11.3 Å². The van der Waals surface area contributed by atoms with Crippen molar-refractivity contribution < 1.29 is 14.7 Å². The minimum absolute atomic E-state index is 0.0713. The minimum Gasteiger partial charge on any atom is -0.480 e. The number of aromatic nitrogens is 1. The van der Waals surface area contributed by atoms with Gasteiger partial charge in [-0.1, -0.05) is 30.3 Å². The van der Waals surface area contributed by atoms with Crippen LogP contribution < -0.4 is 0 Å². The number of carbonyl (C=O) groups is 2. The van der Waals surface area contributed by atoms with E-state index in [4.69, 9.17) is 0 Å². The second-order valence-electron chi connectivity index (χ2n) is 6.20. The van der Waals surface area contributed by atoms with Crippen LogP contribution in [-0.4, -0.2) is 39.5 Å². The van der Waals surface area contributed by atoms with Crippen LogP contribution >= 0.6 is 0 Å². The first-order valence-electron chi connectivity index (χ1n) is 8.41. The molecule has 2 aromatic rings. The molecule has 2 N–H and O–H groups in total. The molecule has 1 fully saturated rings. The van der Waals surface area contributed by atoms with Crippen molar-refractivity contribution in [2.24, 2.45) is 0 Å². The lowest BCUT2D eigenvalue weighted by atomic mass is 10.0. The summed E-state index contributed by atoms with van der Waals surface area (Å²) in [6.07, 6.45) is 3.24. The van der Waals surface area contributed by atoms with Crippen LogP contribution in [-0.2, 0) is 16.0 Å². The monoisotopic (exact) mass is 326 g/mol. The summed E-state index contributed by atoms with van der Waals surface area (Å²) in [6.45, 7) is 0.551. The number of nitrogens with zero attached hydrogens (tertiary/aromatic N) is 1. The zero-order chi connectivity index (χ0) is 16.9. The highest BCUT2D eigenvalue weighted by Crippen LogP contribution is 2.21. The van der Waals surface area contributed by atoms with Gasteiger partial charge in [0.25, 0.3) is 0 Å². The van der Waals surface area contributed by atoms with Gasteiger partial charge in [0.1, 0.15) is 6.04 Å². The van der Waals surface area contributed by atoms with Gasteiger partial charge in [0.15, 0.2) is 0 Å². The van der Waals surface area contributed by atoms with E-state index in [0.29, 0.717) is 25.8 Å². The Bertz CT molecular complexity index is 708. The van der Waals surface area contributed by atoms with E-state index in [1.807, 2.05) is 42.5 Å². The van der Waals surface area contributed by atoms with Crippen molar-refractivity contribution in [1.82, 2.24) is 9.88 Å². The summed E-state index contributed by atoms with van der Waals surface area (Å²) in [5.74, 6) is -0.966. The number of hydrogen-bond acceptors (Lipinski definition) is 2. The molecule has 126 valence electrons. The third-order valence-electron chi connectivity index (χ3n) is 4.55. The molecular weight excluding hydrogens is 304 g/mol. The topological polar surface area (TPSA) is 73.4 Å². The van der Waals surface area contributed by atoms with Gasteiger partial charge >= 0.3 is 5.97 Å². The molecule has 3 rings (SSSR count). The fourth-order valence-electron chi connectivity index (χ4n) is 3.24. The number of aliphatic carboxylic acids is 1. The number of hydrogen-bond donors (Lipinski definition) is 2. The standard InChI is InChI=1S/C19H22N2O3/c22-18(21-13-5-4-8-17(21)19(23)24)12-10-15-9-11-16(20-15)14-6-2-1-3-7-14/h1-3,6-7,9,11,17,20H,4-5,8,10,12-13H2,(H,23,24). The quantitative estimate of drug-likeness (QED) is 0.887. The zero-order valence-corrected chi connectivity index (χ0v) is 13.6. The minimum atomic E-state index is -0.894. The molecule has 1 aromatic heterocycles. The fourth-order valence-corrected chi connectivity index (χ4v) is 3.24. The van der Waals surface area contributed by atoms with Crippen molar-refractivity contribution in [3.63, 3.8) is 0 Å². The van der Waals surface area contributed by atoms with E-state index < -0.39 is 12.0 Å². The third kappa shape index (κ3) is 3.67. The van der Waals surface area contributed by atoms with E-state index in [2.05, 4.69) is 4.98 Å². The lowest BCUT2D eigenvalue weighted by molar-refractivity contribution is -0.152. The molecule has 1 amide bonds. The summed E-state index contributed by atoms with van der Waals surface area (Å²) in [6, 6.07) is 13.4. The van der Waals surface area contributed by atoms with Gasteiger partial charge in [-0.15, -0.1) is 0 Å². The third-order valence-corrected chi connectivity index (χ3v) is 4.55. The maximum Gasteiger partial charge on any atom is 0.326 e. The average Bonchev–Trinajstić information content (AvgIpc) is 3.09. The first kappa shape index (κ1) is 16.3. The van der Waals surface area contributed by atoms with Crippen molar-refractivity contribution in [3.05, 3.63) is 48.2 Å². The zero-order valence-electron chi connectivity index (χ0n) is 13.6. The highest BCUT2D eigenvalue weighted by molar-refractivity contribution is 5.84. The number of piperidine rings is 1. The summed E-state index contributed by atoms with van der Waals surface area (Å²) in [5, 5.41) is 9.27. The van der Waals surface area contributed by atoms with Gasteiger partial charge in [-0.2, -0.15) is 0 Å². The number of carbonyl (C=O) groups excluding carboxylic acids is 1. The molecule has 1 aromatic carbocycles. The van der Waals surface area contributed by atoms with Crippen LogP contribution in [0.4, 0.5) is 0 Å². The molecule has 24 heavy (non-hydrogen) atoms. The lowest BCUT2D eigenvalue weighted by Crippen LogP contribution is -2.48. The van der Waals surface area contributed by atoms with Crippen molar-refractivity contribution >= 4 is 11.9 Å². The summed E-state index contributed by atoms with van der Waals surface area (Å²) in [4.78, 5) is 28.6. The molecule has 0 saturated carbocycles. The van der Waals surface area contributed by atoms with Gasteiger partial charge in [0.2, 0.25) is 5.91 Å². The summed E-state index contributed by atoms with van der Waals surface area (Å²) in [5.41, 5.74) is 3.13. The van der Waals surface area contributed by atoms with Gasteiger partial charge in [-0.3, -0.25) is 4.79 Å². The molecule has 1 aliphatic heterocycles. The lowest BCUT2D eigenvalue weighted by Gasteiger charge is -2.33. The molecule has 5 heteroatoms. The Morgan fingerprint density at radius 1 is 1.12 bits per heavy atom. The molecular formula is C19H22N2O3. The summed E-state index contributed by atoms with van der Waals surface area (Å²) < 4.78 is 0. The molecule has 1 atom stereocenters. The molecule has 1 unspecified atom stereocenters. The highest BCUT2D eigenvalue weighted by Gasteiger charge is 2.31. The molecule has 1 saturated heterocycles. The van der Waals surface area contributed by atoms with Gasteiger partial charge in [0.05, 0.1) is 0 Å². The number of carboxylic acids is 1. The Morgan fingerprint density at radius 3 is 2.67 bits per heavy atom. The van der Waals surface area contributed by atoms with Gasteiger partial charge in [-0.25, -0.2) is 4.79 Å². The van der Waals surface area contributed by atoms with Crippen molar-refractivity contribution in [1.29, 1.82) is 0 Å². The predicted octanol–water partition coefficient (Wildman–Crippen LogP) is 3.08. The number of rotatable bonds is 5. The van der Waals surface area contributed by atoms with Crippen LogP contribution in [0.2, 0.25) is 0 Å². The highest BCUT2D eigenvalue weighted by atomic mass is 16.4. The van der Waals surface area contributed by atoms with E-state index in [-0.39, 0.29) is 5.91 Å². The van der Waals surface area contributed by atoms with E-state index >= 15 is 0 Å². The normalized spacial score (nSPS) is 17.7. The van der Waals surface area contributed by atoms with E-state index in [1.165, 1.54) is 4.90 Å².